The predicted octanol–water partition coefficient (Wildman–Crippen LogP) is 3.46. The third-order valence-electron chi connectivity index (χ3n) is 4.38. The van der Waals surface area contributed by atoms with E-state index in [-0.39, 0.29) is 23.5 Å². The van der Waals surface area contributed by atoms with Crippen LogP contribution in [0, 0.1) is 0 Å². The molecule has 2 aromatic heterocycles. The highest BCUT2D eigenvalue weighted by Crippen LogP contribution is 2.24. The zero-order valence-electron chi connectivity index (χ0n) is 16.8. The number of carbonyl (C=O) groups excluding carboxylic acids is 1. The van der Waals surface area contributed by atoms with Gasteiger partial charge in [-0.25, -0.2) is 4.68 Å². The quantitative estimate of drug-likeness (QED) is 0.646. The maximum atomic E-state index is 12.0. The molecule has 2 heterocycles. The summed E-state index contributed by atoms with van der Waals surface area (Å²) in [5.74, 6) is 0.405. The fourth-order valence-corrected chi connectivity index (χ4v) is 3.41. The molecule has 1 aromatic carbocycles. The Morgan fingerprint density at radius 3 is 2.55 bits per heavy atom. The standard InChI is InChI=1S/C22H25N3O3S/c1-22(2,3)16-6-8-17(9-7-16)28-15-20(26)23-12-13-25-21(27)11-10-18(24-25)19-5-4-14-29-19/h4-11,14H,12-13,15H2,1-3H3,(H,23,26). The molecular weight excluding hydrogens is 386 g/mol. The second-order valence-electron chi connectivity index (χ2n) is 7.67. The van der Waals surface area contributed by atoms with Crippen molar-refractivity contribution in [3.05, 3.63) is 69.8 Å². The first-order chi connectivity index (χ1) is 13.8. The summed E-state index contributed by atoms with van der Waals surface area (Å²) in [7, 11) is 0. The predicted molar refractivity (Wildman–Crippen MR) is 115 cm³/mol. The zero-order valence-corrected chi connectivity index (χ0v) is 17.7. The van der Waals surface area contributed by atoms with Gasteiger partial charge in [-0.05, 0) is 40.6 Å². The number of thiophene rings is 1. The molecule has 1 N–H and O–H groups in total. The van der Waals surface area contributed by atoms with Crippen molar-refractivity contribution in [1.29, 1.82) is 0 Å². The van der Waals surface area contributed by atoms with Gasteiger partial charge < -0.3 is 10.1 Å². The van der Waals surface area contributed by atoms with Crippen molar-refractivity contribution in [2.45, 2.75) is 32.7 Å². The number of hydrogen-bond donors (Lipinski definition) is 1. The molecule has 7 heteroatoms. The van der Waals surface area contributed by atoms with Gasteiger partial charge >= 0.3 is 0 Å². The van der Waals surface area contributed by atoms with E-state index in [9.17, 15) is 9.59 Å². The van der Waals surface area contributed by atoms with E-state index in [1.807, 2.05) is 41.8 Å². The minimum absolute atomic E-state index is 0.0722. The van der Waals surface area contributed by atoms with E-state index >= 15 is 0 Å². The third-order valence-corrected chi connectivity index (χ3v) is 5.27. The van der Waals surface area contributed by atoms with Crippen LogP contribution in [-0.4, -0.2) is 28.8 Å². The highest BCUT2D eigenvalue weighted by molar-refractivity contribution is 7.13. The SMILES string of the molecule is CC(C)(C)c1ccc(OCC(=O)NCCn2nc(-c3cccs3)ccc2=O)cc1. The molecule has 3 rings (SSSR count). The fraction of sp³-hybridized carbons (Fsp3) is 0.318. The summed E-state index contributed by atoms with van der Waals surface area (Å²) in [6.07, 6.45) is 0. The first kappa shape index (κ1) is 20.8. The van der Waals surface area contributed by atoms with Gasteiger partial charge in [-0.2, -0.15) is 5.10 Å². The molecule has 1 amide bonds. The highest BCUT2D eigenvalue weighted by Gasteiger charge is 2.13. The summed E-state index contributed by atoms with van der Waals surface area (Å²) >= 11 is 1.56. The Morgan fingerprint density at radius 1 is 1.14 bits per heavy atom. The largest absolute Gasteiger partial charge is 0.484 e. The Balaban J connectivity index is 1.48. The van der Waals surface area contributed by atoms with Crippen LogP contribution in [0.25, 0.3) is 10.6 Å². The van der Waals surface area contributed by atoms with Crippen molar-refractivity contribution in [3.63, 3.8) is 0 Å². The number of carbonyl (C=O) groups is 1. The molecule has 152 valence electrons. The molecule has 0 unspecified atom stereocenters. The van der Waals surface area contributed by atoms with Crippen LogP contribution in [0.4, 0.5) is 0 Å². The average molecular weight is 412 g/mol. The molecule has 0 bridgehead atoms. The lowest BCUT2D eigenvalue weighted by Gasteiger charge is -2.19. The number of ether oxygens (including phenoxy) is 1. The number of aromatic nitrogens is 2. The molecule has 0 saturated carbocycles. The monoisotopic (exact) mass is 411 g/mol. The Labute approximate surface area is 174 Å². The van der Waals surface area contributed by atoms with Crippen molar-refractivity contribution in [2.24, 2.45) is 0 Å². The van der Waals surface area contributed by atoms with E-state index in [2.05, 4.69) is 31.2 Å². The fourth-order valence-electron chi connectivity index (χ4n) is 2.72. The van der Waals surface area contributed by atoms with Crippen molar-refractivity contribution in [3.8, 4) is 16.3 Å². The minimum atomic E-state index is -0.243. The van der Waals surface area contributed by atoms with Crippen LogP contribution in [0.1, 0.15) is 26.3 Å². The topological polar surface area (TPSA) is 73.2 Å². The van der Waals surface area contributed by atoms with Gasteiger partial charge in [0, 0.05) is 12.6 Å². The lowest BCUT2D eigenvalue weighted by atomic mass is 9.87. The molecule has 0 spiro atoms. The summed E-state index contributed by atoms with van der Waals surface area (Å²) in [6, 6.07) is 14.8. The average Bonchev–Trinajstić information content (AvgIpc) is 3.22. The van der Waals surface area contributed by atoms with Crippen molar-refractivity contribution < 1.29 is 9.53 Å². The van der Waals surface area contributed by atoms with E-state index in [1.165, 1.54) is 16.3 Å². The number of amides is 1. The van der Waals surface area contributed by atoms with E-state index in [0.717, 1.165) is 10.6 Å². The molecule has 0 radical (unpaired) electrons. The molecular formula is C22H25N3O3S. The molecule has 0 fully saturated rings. The summed E-state index contributed by atoms with van der Waals surface area (Å²) in [6.45, 7) is 6.95. The molecule has 0 aliphatic heterocycles. The van der Waals surface area contributed by atoms with Gasteiger partial charge in [0.15, 0.2) is 6.61 Å². The summed E-state index contributed by atoms with van der Waals surface area (Å²) in [4.78, 5) is 25.0. The van der Waals surface area contributed by atoms with Gasteiger partial charge in [0.05, 0.1) is 11.4 Å². The number of nitrogens with zero attached hydrogens (tertiary/aromatic N) is 2. The lowest BCUT2D eigenvalue weighted by Crippen LogP contribution is -2.34. The minimum Gasteiger partial charge on any atom is -0.484 e. The van der Waals surface area contributed by atoms with Crippen LogP contribution in [0.2, 0.25) is 0 Å². The summed E-state index contributed by atoms with van der Waals surface area (Å²) in [5.41, 5.74) is 1.82. The second-order valence-corrected chi connectivity index (χ2v) is 8.62. The van der Waals surface area contributed by atoms with Gasteiger partial charge in [-0.15, -0.1) is 11.3 Å². The molecule has 0 saturated heterocycles. The number of rotatable bonds is 7. The third kappa shape index (κ3) is 5.77. The number of benzene rings is 1. The molecule has 0 atom stereocenters. The maximum absolute atomic E-state index is 12.0. The van der Waals surface area contributed by atoms with Gasteiger partial charge in [-0.1, -0.05) is 39.0 Å². The van der Waals surface area contributed by atoms with Crippen molar-refractivity contribution in [1.82, 2.24) is 15.1 Å². The maximum Gasteiger partial charge on any atom is 0.266 e. The van der Waals surface area contributed by atoms with E-state index in [1.54, 1.807) is 17.4 Å². The van der Waals surface area contributed by atoms with Crippen LogP contribution in [0.5, 0.6) is 5.75 Å². The Hall–Kier alpha value is -2.93. The Morgan fingerprint density at radius 2 is 1.90 bits per heavy atom. The second kappa shape index (κ2) is 9.05. The van der Waals surface area contributed by atoms with Gasteiger partial charge in [0.2, 0.25) is 0 Å². The van der Waals surface area contributed by atoms with Crippen LogP contribution in [-0.2, 0) is 16.8 Å². The first-order valence-electron chi connectivity index (χ1n) is 9.45. The smallest absolute Gasteiger partial charge is 0.266 e. The number of nitrogens with one attached hydrogen (secondary N) is 1. The van der Waals surface area contributed by atoms with Crippen molar-refractivity contribution >= 4 is 17.2 Å². The number of hydrogen-bond acceptors (Lipinski definition) is 5. The van der Waals surface area contributed by atoms with Gasteiger partial charge in [0.1, 0.15) is 11.4 Å². The normalized spacial score (nSPS) is 11.3. The molecule has 0 aliphatic rings. The van der Waals surface area contributed by atoms with Crippen molar-refractivity contribution in [2.75, 3.05) is 13.2 Å². The molecule has 6 nitrogen and oxygen atoms in total. The first-order valence-corrected chi connectivity index (χ1v) is 10.3. The summed E-state index contributed by atoms with van der Waals surface area (Å²) < 4.78 is 6.90. The lowest BCUT2D eigenvalue weighted by molar-refractivity contribution is -0.123. The Bertz CT molecular complexity index is 1000. The summed E-state index contributed by atoms with van der Waals surface area (Å²) in [5, 5.41) is 9.08. The molecule has 29 heavy (non-hydrogen) atoms. The van der Waals surface area contributed by atoms with Gasteiger partial charge in [-0.3, -0.25) is 9.59 Å². The van der Waals surface area contributed by atoms with Crippen LogP contribution < -0.4 is 15.6 Å². The zero-order chi connectivity index (χ0) is 20.9. The Kier molecular flexibility index (Phi) is 6.49. The van der Waals surface area contributed by atoms with Gasteiger partial charge in [0.25, 0.3) is 11.5 Å². The van der Waals surface area contributed by atoms with E-state index < -0.39 is 0 Å². The van der Waals surface area contributed by atoms with Crippen LogP contribution >= 0.6 is 11.3 Å². The van der Waals surface area contributed by atoms with Crippen LogP contribution in [0.3, 0.4) is 0 Å². The van der Waals surface area contributed by atoms with Crippen LogP contribution in [0.15, 0.2) is 58.7 Å². The highest BCUT2D eigenvalue weighted by atomic mass is 32.1. The van der Waals surface area contributed by atoms with E-state index in [0.29, 0.717) is 18.8 Å². The molecule has 0 aliphatic carbocycles. The molecule has 3 aromatic rings. The van der Waals surface area contributed by atoms with E-state index in [4.69, 9.17) is 4.74 Å².